The molecule has 0 aromatic heterocycles. The largest absolute Gasteiger partial charge is 0.259 e. The minimum absolute atomic E-state index is 0.413. The number of thiocarbonyl (C=S) groups is 1. The van der Waals surface area contributed by atoms with Gasteiger partial charge in [-0.1, -0.05) is 50.7 Å². The van der Waals surface area contributed by atoms with Crippen molar-refractivity contribution in [3.63, 3.8) is 0 Å². The third-order valence-electron chi connectivity index (χ3n) is 1.97. The molecule has 5 heteroatoms. The first-order valence-corrected chi connectivity index (χ1v) is 6.41. The zero-order chi connectivity index (χ0) is 11.7. The Labute approximate surface area is 100 Å². The lowest BCUT2D eigenvalue weighted by atomic mass is 10.0. The monoisotopic (exact) mass is 247 g/mol. The van der Waals surface area contributed by atoms with Crippen LogP contribution in [-0.4, -0.2) is 9.12 Å². The third-order valence-corrected chi connectivity index (χ3v) is 3.42. The van der Waals surface area contributed by atoms with Crippen molar-refractivity contribution in [3.05, 3.63) is 21.7 Å². The van der Waals surface area contributed by atoms with E-state index >= 15 is 0 Å². The van der Waals surface area contributed by atoms with E-state index in [1.807, 2.05) is 0 Å². The molecule has 15 heavy (non-hydrogen) atoms. The van der Waals surface area contributed by atoms with E-state index in [9.17, 15) is 10.1 Å². The van der Waals surface area contributed by atoms with Crippen molar-refractivity contribution in [1.29, 1.82) is 0 Å². The van der Waals surface area contributed by atoms with E-state index in [0.29, 0.717) is 5.92 Å². The van der Waals surface area contributed by atoms with E-state index in [1.54, 1.807) is 0 Å². The van der Waals surface area contributed by atoms with E-state index in [4.69, 9.17) is 12.2 Å². The van der Waals surface area contributed by atoms with E-state index in [1.165, 1.54) is 17.2 Å². The Morgan fingerprint density at radius 3 is 2.40 bits per heavy atom. The summed E-state index contributed by atoms with van der Waals surface area (Å²) < 4.78 is 0.872. The first kappa shape index (κ1) is 14.6. The average Bonchev–Trinajstić information content (AvgIpc) is 2.16. The molecule has 0 aromatic carbocycles. The average molecular weight is 247 g/mol. The Bertz CT molecular complexity index is 236. The van der Waals surface area contributed by atoms with Crippen molar-refractivity contribution >= 4 is 28.2 Å². The van der Waals surface area contributed by atoms with Crippen molar-refractivity contribution < 1.29 is 4.92 Å². The maximum Gasteiger partial charge on any atom is 0.241 e. The minimum atomic E-state index is -0.468. The number of rotatable bonds is 7. The third kappa shape index (κ3) is 7.50. The van der Waals surface area contributed by atoms with E-state index in [-0.39, 0.29) is 0 Å². The SMILES string of the molecule is CCCC(CCC)C(=S)SC=C[N+](=O)[O-]. The lowest BCUT2D eigenvalue weighted by Gasteiger charge is -2.14. The van der Waals surface area contributed by atoms with Gasteiger partial charge in [-0.2, -0.15) is 0 Å². The summed E-state index contributed by atoms with van der Waals surface area (Å²) in [6.45, 7) is 4.26. The molecule has 0 aliphatic heterocycles. The topological polar surface area (TPSA) is 43.1 Å². The highest BCUT2D eigenvalue weighted by atomic mass is 32.2. The normalized spacial score (nSPS) is 11.1. The fourth-order valence-corrected chi connectivity index (χ4v) is 2.45. The van der Waals surface area contributed by atoms with Gasteiger partial charge in [-0.05, 0) is 12.8 Å². The van der Waals surface area contributed by atoms with Gasteiger partial charge in [-0.25, -0.2) is 0 Å². The molecule has 0 heterocycles. The van der Waals surface area contributed by atoms with Crippen molar-refractivity contribution in [2.75, 3.05) is 0 Å². The molecule has 0 bridgehead atoms. The van der Waals surface area contributed by atoms with Gasteiger partial charge in [0.05, 0.1) is 9.12 Å². The van der Waals surface area contributed by atoms with Crippen molar-refractivity contribution in [3.8, 4) is 0 Å². The summed E-state index contributed by atoms with van der Waals surface area (Å²) in [6, 6.07) is 0. The number of thioether (sulfide) groups is 1. The van der Waals surface area contributed by atoms with Gasteiger partial charge in [-0.15, -0.1) is 0 Å². The fourth-order valence-electron chi connectivity index (χ4n) is 1.32. The van der Waals surface area contributed by atoms with Crippen LogP contribution in [-0.2, 0) is 0 Å². The van der Waals surface area contributed by atoms with E-state index in [2.05, 4.69) is 13.8 Å². The van der Waals surface area contributed by atoms with Crippen LogP contribution in [0.15, 0.2) is 11.6 Å². The molecule has 0 amide bonds. The number of hydrogen-bond acceptors (Lipinski definition) is 4. The van der Waals surface area contributed by atoms with E-state index < -0.39 is 4.92 Å². The molecular weight excluding hydrogens is 230 g/mol. The molecule has 86 valence electrons. The second-order valence-corrected chi connectivity index (χ2v) is 4.93. The Hall–Kier alpha value is -0.420. The summed E-state index contributed by atoms with van der Waals surface area (Å²) in [5.74, 6) is 0.413. The zero-order valence-corrected chi connectivity index (χ0v) is 10.8. The predicted molar refractivity (Wildman–Crippen MR) is 69.6 cm³/mol. The minimum Gasteiger partial charge on any atom is -0.259 e. The standard InChI is InChI=1S/C10H17NO2S2/c1-3-5-9(6-4-2)10(14)15-8-7-11(12)13/h7-9H,3-6H2,1-2H3. The lowest BCUT2D eigenvalue weighted by molar-refractivity contribution is -0.402. The predicted octanol–water partition coefficient (Wildman–Crippen LogP) is 4.01. The van der Waals surface area contributed by atoms with Crippen molar-refractivity contribution in [2.45, 2.75) is 39.5 Å². The Morgan fingerprint density at radius 1 is 1.47 bits per heavy atom. The summed E-state index contributed by atoms with van der Waals surface area (Å²) in [5, 5.41) is 11.5. The van der Waals surface area contributed by atoms with Gasteiger partial charge in [0, 0.05) is 11.3 Å². The van der Waals surface area contributed by atoms with Gasteiger partial charge in [0.2, 0.25) is 6.20 Å². The molecule has 0 aromatic rings. The van der Waals surface area contributed by atoms with Crippen LogP contribution in [0.1, 0.15) is 39.5 Å². The zero-order valence-electron chi connectivity index (χ0n) is 9.14. The van der Waals surface area contributed by atoms with Gasteiger partial charge in [0.1, 0.15) is 0 Å². The molecule has 0 rings (SSSR count). The molecule has 0 fully saturated rings. The number of nitrogens with zero attached hydrogens (tertiary/aromatic N) is 1. The number of nitro groups is 1. The second-order valence-electron chi connectivity index (χ2n) is 3.28. The van der Waals surface area contributed by atoms with Crippen LogP contribution >= 0.6 is 24.0 Å². The molecule has 0 N–H and O–H groups in total. The molecule has 0 saturated carbocycles. The molecular formula is C10H17NO2S2. The Morgan fingerprint density at radius 2 is 2.00 bits per heavy atom. The smallest absolute Gasteiger partial charge is 0.241 e. The van der Waals surface area contributed by atoms with Crippen molar-refractivity contribution in [1.82, 2.24) is 0 Å². The summed E-state index contributed by atoms with van der Waals surface area (Å²) in [5.41, 5.74) is 0. The second kappa shape index (κ2) is 8.85. The quantitative estimate of drug-likeness (QED) is 0.387. The van der Waals surface area contributed by atoms with Gasteiger partial charge in [0.25, 0.3) is 0 Å². The molecule has 0 atom stereocenters. The van der Waals surface area contributed by atoms with Gasteiger partial charge >= 0.3 is 0 Å². The van der Waals surface area contributed by atoms with Crippen LogP contribution in [0.5, 0.6) is 0 Å². The highest BCUT2D eigenvalue weighted by Gasteiger charge is 2.12. The Kier molecular flexibility index (Phi) is 8.61. The van der Waals surface area contributed by atoms with Gasteiger partial charge in [-0.3, -0.25) is 10.1 Å². The highest BCUT2D eigenvalue weighted by Crippen LogP contribution is 2.23. The lowest BCUT2D eigenvalue weighted by Crippen LogP contribution is -2.07. The highest BCUT2D eigenvalue weighted by molar-refractivity contribution is 8.25. The van der Waals surface area contributed by atoms with Crippen LogP contribution in [0.25, 0.3) is 0 Å². The van der Waals surface area contributed by atoms with Crippen LogP contribution in [0.4, 0.5) is 0 Å². The Balaban J connectivity index is 4.07. The molecule has 0 unspecified atom stereocenters. The van der Waals surface area contributed by atoms with Crippen LogP contribution < -0.4 is 0 Å². The van der Waals surface area contributed by atoms with Crippen LogP contribution in [0.3, 0.4) is 0 Å². The molecule has 3 nitrogen and oxygen atoms in total. The molecule has 0 aliphatic rings. The first-order chi connectivity index (χ1) is 7.11. The van der Waals surface area contributed by atoms with Crippen LogP contribution in [0.2, 0.25) is 0 Å². The maximum absolute atomic E-state index is 10.1. The van der Waals surface area contributed by atoms with Crippen LogP contribution in [0, 0.1) is 16.0 Å². The first-order valence-electron chi connectivity index (χ1n) is 5.12. The molecule has 0 radical (unpaired) electrons. The summed E-state index contributed by atoms with van der Waals surface area (Å²) in [7, 11) is 0. The number of hydrogen-bond donors (Lipinski definition) is 0. The summed E-state index contributed by atoms with van der Waals surface area (Å²) in [4.78, 5) is 9.60. The van der Waals surface area contributed by atoms with Gasteiger partial charge < -0.3 is 0 Å². The summed E-state index contributed by atoms with van der Waals surface area (Å²) >= 11 is 6.55. The molecule has 0 aliphatic carbocycles. The summed E-state index contributed by atoms with van der Waals surface area (Å²) in [6.07, 6.45) is 5.29. The fraction of sp³-hybridized carbons (Fsp3) is 0.700. The van der Waals surface area contributed by atoms with E-state index in [0.717, 1.165) is 36.1 Å². The molecule has 0 saturated heterocycles. The maximum atomic E-state index is 10.1. The van der Waals surface area contributed by atoms with Crippen molar-refractivity contribution in [2.24, 2.45) is 5.92 Å². The molecule has 0 spiro atoms. The van der Waals surface area contributed by atoms with Gasteiger partial charge in [0.15, 0.2) is 0 Å².